The second-order valence-corrected chi connectivity index (χ2v) is 2.49. The predicted molar refractivity (Wildman–Crippen MR) is 51.6 cm³/mol. The Morgan fingerprint density at radius 1 is 1.25 bits per heavy atom. The fraction of sp³-hybridized carbons (Fsp3) is 0.100. The normalized spacial score (nSPS) is 8.00. The Kier molecular flexibility index (Phi) is 3.26. The molecule has 0 radical (unpaired) electrons. The molecule has 1 aromatic carbocycles. The Labute approximate surface area is 77.4 Å². The van der Waals surface area contributed by atoms with E-state index in [0.717, 1.165) is 11.1 Å². The quantitative estimate of drug-likeness (QED) is 0.509. The van der Waals surface area contributed by atoms with Crippen molar-refractivity contribution in [1.29, 1.82) is 5.26 Å². The van der Waals surface area contributed by atoms with E-state index >= 15 is 0 Å². The van der Waals surface area contributed by atoms with Crippen molar-refractivity contribution in [2.24, 2.45) is 0 Å². The third kappa shape index (κ3) is 2.34. The first kappa shape index (κ1) is 8.71. The number of hydrogen-bond acceptors (Lipinski definition) is 2. The van der Waals surface area contributed by atoms with E-state index in [-0.39, 0.29) is 0 Å². The number of benzene rings is 1. The topological polar surface area (TPSA) is 23.8 Å². The maximum atomic E-state index is 8.40. The molecule has 0 bridgehead atoms. The van der Waals surface area contributed by atoms with Crippen LogP contribution in [-0.2, 0) is 6.42 Å². The molecule has 0 saturated heterocycles. The molecule has 0 spiro atoms. The predicted octanol–water partition coefficient (Wildman–Crippen LogP) is 1.99. The Hall–Kier alpha value is -1.38. The molecular formula is C10H7NS. The molecule has 1 nitrogen and oxygen atoms in total. The van der Waals surface area contributed by atoms with Crippen LogP contribution in [0.4, 0.5) is 0 Å². The molecule has 0 aromatic heterocycles. The van der Waals surface area contributed by atoms with Crippen LogP contribution < -0.4 is 0 Å². The van der Waals surface area contributed by atoms with Gasteiger partial charge in [-0.3, -0.25) is 0 Å². The van der Waals surface area contributed by atoms with E-state index in [0.29, 0.717) is 6.42 Å². The molecule has 0 aliphatic heterocycles. The first-order valence-corrected chi connectivity index (χ1v) is 3.92. The van der Waals surface area contributed by atoms with Crippen LogP contribution in [0.25, 0.3) is 0 Å². The maximum absolute atomic E-state index is 8.40. The lowest BCUT2D eigenvalue weighted by atomic mass is 10.1. The third-order valence-corrected chi connectivity index (χ3v) is 1.55. The summed E-state index contributed by atoms with van der Waals surface area (Å²) in [4.78, 5) is 0. The Bertz CT molecular complexity index is 348. The van der Waals surface area contributed by atoms with Crippen molar-refractivity contribution < 1.29 is 0 Å². The van der Waals surface area contributed by atoms with Crippen LogP contribution in [0.2, 0.25) is 0 Å². The van der Waals surface area contributed by atoms with Gasteiger partial charge in [-0.25, -0.2) is 0 Å². The number of nitriles is 1. The summed E-state index contributed by atoms with van der Waals surface area (Å²) in [7, 11) is 0. The molecule has 0 unspecified atom stereocenters. The smallest absolute Gasteiger partial charge is 0.0669 e. The van der Waals surface area contributed by atoms with Gasteiger partial charge in [0.2, 0.25) is 0 Å². The number of nitrogens with zero attached hydrogens (tertiary/aromatic N) is 1. The highest BCUT2D eigenvalue weighted by Gasteiger charge is 1.90. The number of rotatable bonds is 1. The van der Waals surface area contributed by atoms with Gasteiger partial charge in [-0.15, -0.1) is 0 Å². The summed E-state index contributed by atoms with van der Waals surface area (Å²) in [6.45, 7) is 0. The molecule has 0 fully saturated rings. The van der Waals surface area contributed by atoms with E-state index in [1.54, 1.807) is 0 Å². The monoisotopic (exact) mass is 173 g/mol. The summed E-state index contributed by atoms with van der Waals surface area (Å²) in [5, 5.41) is 10.9. The van der Waals surface area contributed by atoms with Crippen molar-refractivity contribution in [3.63, 3.8) is 0 Å². The molecule has 12 heavy (non-hydrogen) atoms. The van der Waals surface area contributed by atoms with Crippen LogP contribution in [0.5, 0.6) is 0 Å². The highest BCUT2D eigenvalue weighted by atomic mass is 32.1. The van der Waals surface area contributed by atoms with E-state index in [1.807, 2.05) is 24.3 Å². The maximum Gasteiger partial charge on any atom is 0.0669 e. The highest BCUT2D eigenvalue weighted by Crippen LogP contribution is 2.03. The fourth-order valence-corrected chi connectivity index (χ4v) is 0.991. The van der Waals surface area contributed by atoms with Gasteiger partial charge >= 0.3 is 0 Å². The molecule has 0 saturated carbocycles. The number of thiol groups is 1. The van der Waals surface area contributed by atoms with Crippen LogP contribution in [0.1, 0.15) is 11.1 Å². The average molecular weight is 173 g/mol. The summed E-state index contributed by atoms with van der Waals surface area (Å²) in [6.07, 6.45) is 0.453. The second kappa shape index (κ2) is 4.49. The standard InChI is InChI=1S/C10H7NS/c11-7-5-9-1-3-10(4-2-9)6-8-12/h1-4,12H,5H2. The lowest BCUT2D eigenvalue weighted by molar-refractivity contribution is 1.26. The van der Waals surface area contributed by atoms with E-state index in [9.17, 15) is 0 Å². The first-order chi connectivity index (χ1) is 5.86. The zero-order valence-corrected chi connectivity index (χ0v) is 7.31. The molecule has 58 valence electrons. The summed E-state index contributed by atoms with van der Waals surface area (Å²) in [6, 6.07) is 9.65. The van der Waals surface area contributed by atoms with Crippen molar-refractivity contribution in [1.82, 2.24) is 0 Å². The molecular weight excluding hydrogens is 166 g/mol. The van der Waals surface area contributed by atoms with Crippen LogP contribution in [0.15, 0.2) is 24.3 Å². The summed E-state index contributed by atoms with van der Waals surface area (Å²) >= 11 is 3.79. The molecule has 0 aliphatic carbocycles. The van der Waals surface area contributed by atoms with Gasteiger partial charge < -0.3 is 0 Å². The van der Waals surface area contributed by atoms with Gasteiger partial charge in [0.15, 0.2) is 0 Å². The SMILES string of the molecule is N#CCc1ccc(C#CS)cc1. The van der Waals surface area contributed by atoms with Gasteiger partial charge in [-0.2, -0.15) is 5.26 Å². The lowest BCUT2D eigenvalue weighted by Gasteiger charge is -1.93. The van der Waals surface area contributed by atoms with Gasteiger partial charge in [-0.05, 0) is 22.9 Å². The average Bonchev–Trinajstić information content (AvgIpc) is 2.09. The van der Waals surface area contributed by atoms with Crippen molar-refractivity contribution in [3.05, 3.63) is 35.4 Å². The van der Waals surface area contributed by atoms with Crippen molar-refractivity contribution >= 4 is 12.6 Å². The summed E-state index contributed by atoms with van der Waals surface area (Å²) in [5.41, 5.74) is 1.94. The van der Waals surface area contributed by atoms with Gasteiger partial charge in [0.25, 0.3) is 0 Å². The minimum absolute atomic E-state index is 0.453. The van der Waals surface area contributed by atoms with Crippen LogP contribution in [-0.4, -0.2) is 0 Å². The molecule has 2 heteroatoms. The number of hydrogen-bond donors (Lipinski definition) is 1. The highest BCUT2D eigenvalue weighted by molar-refractivity contribution is 7.85. The largest absolute Gasteiger partial charge is 0.198 e. The van der Waals surface area contributed by atoms with Gasteiger partial charge in [0, 0.05) is 5.56 Å². The second-order valence-electron chi connectivity index (χ2n) is 2.27. The molecule has 0 N–H and O–H groups in total. The molecule has 0 amide bonds. The van der Waals surface area contributed by atoms with Crippen LogP contribution in [0.3, 0.4) is 0 Å². The lowest BCUT2D eigenvalue weighted by Crippen LogP contribution is -1.80. The summed E-state index contributed by atoms with van der Waals surface area (Å²) < 4.78 is 0. The Morgan fingerprint density at radius 3 is 2.42 bits per heavy atom. The van der Waals surface area contributed by atoms with Crippen molar-refractivity contribution in [3.8, 4) is 17.2 Å². The minimum atomic E-state index is 0.453. The van der Waals surface area contributed by atoms with E-state index in [1.165, 1.54) is 0 Å². The van der Waals surface area contributed by atoms with Crippen LogP contribution in [0, 0.1) is 22.5 Å². The molecule has 0 heterocycles. The Morgan fingerprint density at radius 2 is 1.92 bits per heavy atom. The first-order valence-electron chi connectivity index (χ1n) is 3.48. The molecule has 0 atom stereocenters. The van der Waals surface area contributed by atoms with Gasteiger partial charge in [-0.1, -0.05) is 30.7 Å². The van der Waals surface area contributed by atoms with Crippen molar-refractivity contribution in [2.75, 3.05) is 0 Å². The zero-order valence-electron chi connectivity index (χ0n) is 6.41. The van der Waals surface area contributed by atoms with E-state index in [4.69, 9.17) is 5.26 Å². The summed E-state index contributed by atoms with van der Waals surface area (Å²) in [5.74, 6) is 2.81. The fourth-order valence-electron chi connectivity index (χ4n) is 0.862. The van der Waals surface area contributed by atoms with E-state index in [2.05, 4.69) is 29.9 Å². The molecule has 1 aromatic rings. The minimum Gasteiger partial charge on any atom is -0.198 e. The van der Waals surface area contributed by atoms with Crippen LogP contribution >= 0.6 is 12.6 Å². The molecule has 1 rings (SSSR count). The van der Waals surface area contributed by atoms with Gasteiger partial charge in [0.1, 0.15) is 0 Å². The van der Waals surface area contributed by atoms with Gasteiger partial charge in [0.05, 0.1) is 12.5 Å². The Balaban J connectivity index is 2.84. The van der Waals surface area contributed by atoms with Crippen molar-refractivity contribution in [2.45, 2.75) is 6.42 Å². The van der Waals surface area contributed by atoms with E-state index < -0.39 is 0 Å². The molecule has 0 aliphatic rings. The zero-order chi connectivity index (χ0) is 8.81. The third-order valence-electron chi connectivity index (χ3n) is 1.44.